The highest BCUT2D eigenvalue weighted by Crippen LogP contribution is 2.34. The fourth-order valence-corrected chi connectivity index (χ4v) is 3.91. The molecule has 0 radical (unpaired) electrons. The van der Waals surface area contributed by atoms with Crippen molar-refractivity contribution in [3.8, 4) is 17.2 Å². The van der Waals surface area contributed by atoms with E-state index in [9.17, 15) is 8.78 Å². The molecular weight excluding hydrogens is 430 g/mol. The van der Waals surface area contributed by atoms with Crippen LogP contribution in [-0.4, -0.2) is 41.0 Å². The molecular formula is C22H19ClF2N2O2S. The topological polar surface area (TPSA) is 34.6 Å². The Morgan fingerprint density at radius 2 is 1.97 bits per heavy atom. The molecule has 4 rings (SSSR count). The number of pyridine rings is 1. The molecule has 0 aliphatic carbocycles. The first-order valence-electron chi connectivity index (χ1n) is 9.31. The molecule has 4 nitrogen and oxygen atoms in total. The number of fused-ring (bicyclic) bond motifs is 1. The summed E-state index contributed by atoms with van der Waals surface area (Å²) in [5.41, 5.74) is 2.50. The van der Waals surface area contributed by atoms with Gasteiger partial charge in [0.05, 0.1) is 30.7 Å². The molecule has 1 aromatic heterocycles. The number of hydrogen-bond donors (Lipinski definition) is 0. The minimum Gasteiger partial charge on any atom is -0.496 e. The minimum atomic E-state index is -2.65. The smallest absolute Gasteiger partial charge is 0.282 e. The average Bonchev–Trinajstić information content (AvgIpc) is 2.68. The lowest BCUT2D eigenvalue weighted by molar-refractivity contribution is -0.100. The zero-order valence-corrected chi connectivity index (χ0v) is 18.0. The molecule has 0 atom stereocenters. The number of rotatable bonds is 5. The zero-order chi connectivity index (χ0) is 21.5. The molecule has 8 heteroatoms. The molecule has 3 aromatic rings. The van der Waals surface area contributed by atoms with E-state index in [0.29, 0.717) is 27.9 Å². The van der Waals surface area contributed by atoms with Crippen molar-refractivity contribution in [1.82, 2.24) is 9.88 Å². The second-order valence-corrected chi connectivity index (χ2v) is 8.16. The van der Waals surface area contributed by atoms with Crippen molar-refractivity contribution in [2.24, 2.45) is 0 Å². The van der Waals surface area contributed by atoms with Crippen LogP contribution in [0.2, 0.25) is 5.02 Å². The van der Waals surface area contributed by atoms with E-state index in [1.165, 1.54) is 4.90 Å². The van der Waals surface area contributed by atoms with Gasteiger partial charge in [0, 0.05) is 29.1 Å². The molecule has 0 saturated carbocycles. The molecule has 1 saturated heterocycles. The first-order chi connectivity index (χ1) is 14.3. The summed E-state index contributed by atoms with van der Waals surface area (Å²) in [4.78, 5) is 6.33. The van der Waals surface area contributed by atoms with Crippen molar-refractivity contribution in [3.63, 3.8) is 0 Å². The molecule has 0 amide bonds. The Morgan fingerprint density at radius 1 is 1.20 bits per heavy atom. The molecule has 30 heavy (non-hydrogen) atoms. The zero-order valence-electron chi connectivity index (χ0n) is 16.4. The third kappa shape index (κ3) is 4.18. The Bertz CT molecular complexity index is 1130. The quantitative estimate of drug-likeness (QED) is 0.459. The van der Waals surface area contributed by atoms with E-state index in [-0.39, 0.29) is 13.1 Å². The Kier molecular flexibility index (Phi) is 5.51. The predicted molar refractivity (Wildman–Crippen MR) is 117 cm³/mol. The van der Waals surface area contributed by atoms with Crippen molar-refractivity contribution in [1.29, 1.82) is 0 Å². The van der Waals surface area contributed by atoms with Gasteiger partial charge in [-0.15, -0.1) is 0 Å². The minimum absolute atomic E-state index is 0.329. The predicted octanol–water partition coefficient (Wildman–Crippen LogP) is 5.82. The van der Waals surface area contributed by atoms with Crippen LogP contribution in [0.5, 0.6) is 17.2 Å². The van der Waals surface area contributed by atoms with Crippen molar-refractivity contribution in [3.05, 3.63) is 58.7 Å². The summed E-state index contributed by atoms with van der Waals surface area (Å²) in [6.45, 7) is 1.30. The van der Waals surface area contributed by atoms with Gasteiger partial charge in [0.25, 0.3) is 5.92 Å². The van der Waals surface area contributed by atoms with E-state index in [0.717, 1.165) is 27.8 Å². The first-order valence-corrected chi connectivity index (χ1v) is 10.1. The second-order valence-electron chi connectivity index (χ2n) is 7.29. The summed E-state index contributed by atoms with van der Waals surface area (Å²) in [5.74, 6) is -0.684. The fraction of sp³-hybridized carbons (Fsp3) is 0.273. The Hall–Kier alpha value is -2.51. The Labute approximate surface area is 183 Å². The standard InChI is InChI=1S/C22H19ClF2N2O2S/c1-13-7-16-18(10-20(13)28-2)26-6-5-19(16)29-15-4-3-14(17(23)9-15)8-21(30)27-11-22(24,25)12-27/h3-7,9-10H,8,11-12H2,1-2H3. The summed E-state index contributed by atoms with van der Waals surface area (Å²) in [6, 6.07) is 10.9. The van der Waals surface area contributed by atoms with Crippen LogP contribution in [0.3, 0.4) is 0 Å². The molecule has 2 aromatic carbocycles. The Balaban J connectivity index is 1.53. The van der Waals surface area contributed by atoms with E-state index in [1.807, 2.05) is 19.1 Å². The summed E-state index contributed by atoms with van der Waals surface area (Å²) >= 11 is 11.7. The highest BCUT2D eigenvalue weighted by atomic mass is 35.5. The Morgan fingerprint density at radius 3 is 2.63 bits per heavy atom. The van der Waals surface area contributed by atoms with Gasteiger partial charge >= 0.3 is 0 Å². The van der Waals surface area contributed by atoms with Crippen LogP contribution in [0.25, 0.3) is 10.9 Å². The molecule has 0 unspecified atom stereocenters. The molecule has 156 valence electrons. The van der Waals surface area contributed by atoms with Crippen molar-refractivity contribution >= 4 is 39.7 Å². The van der Waals surface area contributed by atoms with Crippen LogP contribution in [0.15, 0.2) is 42.6 Å². The molecule has 1 fully saturated rings. The highest BCUT2D eigenvalue weighted by molar-refractivity contribution is 7.80. The summed E-state index contributed by atoms with van der Waals surface area (Å²) in [5, 5.41) is 1.33. The van der Waals surface area contributed by atoms with Gasteiger partial charge in [-0.25, -0.2) is 8.78 Å². The average molecular weight is 449 g/mol. The monoisotopic (exact) mass is 448 g/mol. The lowest BCUT2D eigenvalue weighted by atomic mass is 10.1. The van der Waals surface area contributed by atoms with Gasteiger partial charge in [0.2, 0.25) is 0 Å². The molecule has 1 aliphatic rings. The van der Waals surface area contributed by atoms with Gasteiger partial charge in [-0.1, -0.05) is 29.9 Å². The van der Waals surface area contributed by atoms with E-state index in [2.05, 4.69) is 4.98 Å². The van der Waals surface area contributed by atoms with Crippen LogP contribution in [0, 0.1) is 6.92 Å². The second kappa shape index (κ2) is 7.96. The summed E-state index contributed by atoms with van der Waals surface area (Å²) in [7, 11) is 1.62. The van der Waals surface area contributed by atoms with Crippen LogP contribution < -0.4 is 9.47 Å². The number of thiocarbonyl (C=S) groups is 1. The number of nitrogens with zero attached hydrogens (tertiary/aromatic N) is 2. The molecule has 0 bridgehead atoms. The molecule has 0 spiro atoms. The molecule has 1 aliphatic heterocycles. The number of methoxy groups -OCH3 is 1. The number of likely N-dealkylation sites (tertiary alicyclic amines) is 1. The fourth-order valence-electron chi connectivity index (χ4n) is 3.39. The molecule has 2 heterocycles. The number of hydrogen-bond acceptors (Lipinski definition) is 4. The van der Waals surface area contributed by atoms with E-state index >= 15 is 0 Å². The van der Waals surface area contributed by atoms with Crippen LogP contribution in [0.4, 0.5) is 8.78 Å². The maximum absolute atomic E-state index is 13.0. The number of alkyl halides is 2. The van der Waals surface area contributed by atoms with Crippen molar-refractivity contribution in [2.45, 2.75) is 19.3 Å². The third-order valence-electron chi connectivity index (χ3n) is 5.01. The summed E-state index contributed by atoms with van der Waals surface area (Å²) < 4.78 is 37.5. The number of aromatic nitrogens is 1. The van der Waals surface area contributed by atoms with Gasteiger partial charge in [0.1, 0.15) is 17.2 Å². The number of ether oxygens (including phenoxy) is 2. The molecule has 0 N–H and O–H groups in total. The van der Waals surface area contributed by atoms with E-state index in [4.69, 9.17) is 33.3 Å². The van der Waals surface area contributed by atoms with Gasteiger partial charge in [0.15, 0.2) is 0 Å². The highest BCUT2D eigenvalue weighted by Gasteiger charge is 2.44. The first kappa shape index (κ1) is 20.8. The van der Waals surface area contributed by atoms with Gasteiger partial charge in [-0.05, 0) is 42.3 Å². The van der Waals surface area contributed by atoms with Gasteiger partial charge in [-0.3, -0.25) is 4.98 Å². The lowest BCUT2D eigenvalue weighted by Crippen LogP contribution is -2.58. The summed E-state index contributed by atoms with van der Waals surface area (Å²) in [6.07, 6.45) is 2.01. The third-order valence-corrected chi connectivity index (χ3v) is 5.76. The van der Waals surface area contributed by atoms with Crippen LogP contribution in [-0.2, 0) is 6.42 Å². The van der Waals surface area contributed by atoms with Crippen molar-refractivity contribution in [2.75, 3.05) is 20.2 Å². The number of aryl methyl sites for hydroxylation is 1. The van der Waals surface area contributed by atoms with Gasteiger partial charge in [-0.2, -0.15) is 0 Å². The maximum Gasteiger partial charge on any atom is 0.282 e. The van der Waals surface area contributed by atoms with Gasteiger partial charge < -0.3 is 14.4 Å². The lowest BCUT2D eigenvalue weighted by Gasteiger charge is -2.40. The SMILES string of the molecule is COc1cc2nccc(Oc3ccc(CC(=S)N4CC(F)(F)C4)c(Cl)c3)c2cc1C. The number of halogens is 3. The van der Waals surface area contributed by atoms with E-state index < -0.39 is 5.92 Å². The maximum atomic E-state index is 13.0. The largest absolute Gasteiger partial charge is 0.496 e. The number of benzene rings is 2. The van der Waals surface area contributed by atoms with Crippen LogP contribution >= 0.6 is 23.8 Å². The van der Waals surface area contributed by atoms with Crippen LogP contribution in [0.1, 0.15) is 11.1 Å². The normalized spacial score (nSPS) is 15.0. The van der Waals surface area contributed by atoms with E-state index in [1.54, 1.807) is 37.6 Å². The van der Waals surface area contributed by atoms with Crippen molar-refractivity contribution < 1.29 is 18.3 Å².